The van der Waals surface area contributed by atoms with E-state index in [0.29, 0.717) is 22.4 Å². The zero-order chi connectivity index (χ0) is 16.8. The van der Waals surface area contributed by atoms with Gasteiger partial charge < -0.3 is 14.2 Å². The minimum atomic E-state index is -0.591. The number of para-hydroxylation sites is 1. The Morgan fingerprint density at radius 1 is 1.13 bits per heavy atom. The van der Waals surface area contributed by atoms with E-state index in [1.807, 2.05) is 12.1 Å². The Kier molecular flexibility index (Phi) is 5.98. The van der Waals surface area contributed by atoms with Crippen LogP contribution in [-0.2, 0) is 11.2 Å². The highest BCUT2D eigenvalue weighted by Crippen LogP contribution is 2.31. The first kappa shape index (κ1) is 17.3. The number of carbonyl (C=O) groups excluding carboxylic acids is 1. The molecule has 0 bridgehead atoms. The number of aryl methyl sites for hydroxylation is 1. The number of halogens is 2. The molecule has 0 aliphatic carbocycles. The van der Waals surface area contributed by atoms with E-state index in [1.54, 1.807) is 19.2 Å². The second-order valence-electron chi connectivity index (χ2n) is 4.70. The molecule has 0 spiro atoms. The standard InChI is InChI=1S/C17H16BrFO4/c1-21-15-5-3-4-11(17(15)22-2)6-9-16(20)23-14-8-7-12(18)10-13(14)19/h3-5,7-8,10H,6,9H2,1-2H3. The van der Waals surface area contributed by atoms with Crippen molar-refractivity contribution < 1.29 is 23.4 Å². The van der Waals surface area contributed by atoms with E-state index >= 15 is 0 Å². The minimum Gasteiger partial charge on any atom is -0.493 e. The maximum absolute atomic E-state index is 13.6. The van der Waals surface area contributed by atoms with Crippen LogP contribution in [0.15, 0.2) is 40.9 Å². The van der Waals surface area contributed by atoms with E-state index < -0.39 is 11.8 Å². The number of hydrogen-bond donors (Lipinski definition) is 0. The summed E-state index contributed by atoms with van der Waals surface area (Å²) in [7, 11) is 3.09. The molecule has 0 amide bonds. The van der Waals surface area contributed by atoms with Gasteiger partial charge in [-0.05, 0) is 36.2 Å². The molecule has 0 unspecified atom stereocenters. The summed E-state index contributed by atoms with van der Waals surface area (Å²) < 4.78 is 29.8. The molecule has 2 aromatic carbocycles. The summed E-state index contributed by atoms with van der Waals surface area (Å²) in [4.78, 5) is 11.9. The highest BCUT2D eigenvalue weighted by Gasteiger charge is 2.14. The van der Waals surface area contributed by atoms with Gasteiger partial charge in [-0.2, -0.15) is 0 Å². The van der Waals surface area contributed by atoms with Crippen LogP contribution in [0.4, 0.5) is 4.39 Å². The third kappa shape index (κ3) is 4.45. The number of methoxy groups -OCH3 is 2. The Bertz CT molecular complexity index is 703. The van der Waals surface area contributed by atoms with E-state index in [2.05, 4.69) is 15.9 Å². The lowest BCUT2D eigenvalue weighted by atomic mass is 10.1. The van der Waals surface area contributed by atoms with Crippen LogP contribution in [0.3, 0.4) is 0 Å². The molecule has 0 aliphatic heterocycles. The van der Waals surface area contributed by atoms with Crippen molar-refractivity contribution in [3.63, 3.8) is 0 Å². The molecular formula is C17H16BrFO4. The molecule has 4 nitrogen and oxygen atoms in total. The van der Waals surface area contributed by atoms with Gasteiger partial charge in [0.1, 0.15) is 0 Å². The average molecular weight is 383 g/mol. The largest absolute Gasteiger partial charge is 0.493 e. The van der Waals surface area contributed by atoms with Gasteiger partial charge in [-0.1, -0.05) is 28.1 Å². The molecule has 0 fully saturated rings. The quantitative estimate of drug-likeness (QED) is 0.556. The smallest absolute Gasteiger partial charge is 0.311 e. The molecule has 0 saturated heterocycles. The number of benzene rings is 2. The molecule has 0 N–H and O–H groups in total. The molecule has 6 heteroatoms. The first-order valence-corrected chi connectivity index (χ1v) is 7.70. The normalized spacial score (nSPS) is 10.3. The third-order valence-corrected chi connectivity index (χ3v) is 3.69. The maximum Gasteiger partial charge on any atom is 0.311 e. The lowest BCUT2D eigenvalue weighted by molar-refractivity contribution is -0.134. The van der Waals surface area contributed by atoms with Crippen molar-refractivity contribution in [1.29, 1.82) is 0 Å². The van der Waals surface area contributed by atoms with Gasteiger partial charge in [0, 0.05) is 4.47 Å². The molecule has 0 heterocycles. The van der Waals surface area contributed by atoms with Gasteiger partial charge in [0.2, 0.25) is 0 Å². The highest BCUT2D eigenvalue weighted by molar-refractivity contribution is 9.10. The summed E-state index contributed by atoms with van der Waals surface area (Å²) in [6.45, 7) is 0. The van der Waals surface area contributed by atoms with Crippen molar-refractivity contribution in [2.24, 2.45) is 0 Å². The average Bonchev–Trinajstić information content (AvgIpc) is 2.55. The summed E-state index contributed by atoms with van der Waals surface area (Å²) in [5, 5.41) is 0. The SMILES string of the molecule is COc1cccc(CCC(=O)Oc2ccc(Br)cc2F)c1OC. The molecule has 2 rings (SSSR count). The van der Waals surface area contributed by atoms with Crippen molar-refractivity contribution in [3.05, 3.63) is 52.3 Å². The van der Waals surface area contributed by atoms with Gasteiger partial charge >= 0.3 is 5.97 Å². The Morgan fingerprint density at radius 3 is 2.57 bits per heavy atom. The van der Waals surface area contributed by atoms with Crippen LogP contribution in [0.5, 0.6) is 17.2 Å². The Morgan fingerprint density at radius 2 is 1.91 bits per heavy atom. The maximum atomic E-state index is 13.6. The first-order valence-electron chi connectivity index (χ1n) is 6.90. The van der Waals surface area contributed by atoms with E-state index in [9.17, 15) is 9.18 Å². The van der Waals surface area contributed by atoms with Crippen LogP contribution >= 0.6 is 15.9 Å². The molecule has 0 saturated carbocycles. The van der Waals surface area contributed by atoms with Crippen molar-refractivity contribution in [3.8, 4) is 17.2 Å². The topological polar surface area (TPSA) is 44.8 Å². The van der Waals surface area contributed by atoms with E-state index in [0.717, 1.165) is 5.56 Å². The summed E-state index contributed by atoms with van der Waals surface area (Å²) >= 11 is 3.15. The zero-order valence-electron chi connectivity index (χ0n) is 12.8. The zero-order valence-corrected chi connectivity index (χ0v) is 14.4. The van der Waals surface area contributed by atoms with Crippen LogP contribution in [0, 0.1) is 5.82 Å². The van der Waals surface area contributed by atoms with Crippen LogP contribution in [0.2, 0.25) is 0 Å². The Balaban J connectivity index is 2.02. The molecule has 0 aromatic heterocycles. The van der Waals surface area contributed by atoms with Gasteiger partial charge in [0.15, 0.2) is 23.1 Å². The third-order valence-electron chi connectivity index (χ3n) is 3.20. The number of rotatable bonds is 6. The number of hydrogen-bond acceptors (Lipinski definition) is 4. The number of esters is 1. The molecular weight excluding hydrogens is 367 g/mol. The second-order valence-corrected chi connectivity index (χ2v) is 5.62. The predicted octanol–water partition coefficient (Wildman–Crippen LogP) is 4.14. The Hall–Kier alpha value is -2.08. The van der Waals surface area contributed by atoms with Crippen molar-refractivity contribution in [1.82, 2.24) is 0 Å². The van der Waals surface area contributed by atoms with Crippen LogP contribution in [0.25, 0.3) is 0 Å². The summed E-state index contributed by atoms with van der Waals surface area (Å²) in [6.07, 6.45) is 0.496. The molecule has 0 atom stereocenters. The summed E-state index contributed by atoms with van der Waals surface area (Å²) in [6, 6.07) is 9.69. The van der Waals surface area contributed by atoms with Gasteiger partial charge in [-0.15, -0.1) is 0 Å². The minimum absolute atomic E-state index is 0.0872. The molecule has 23 heavy (non-hydrogen) atoms. The van der Waals surface area contributed by atoms with E-state index in [4.69, 9.17) is 14.2 Å². The lowest BCUT2D eigenvalue weighted by Gasteiger charge is -2.12. The number of ether oxygens (including phenoxy) is 3. The summed E-state index contributed by atoms with van der Waals surface area (Å²) in [5.74, 6) is -0.0199. The van der Waals surface area contributed by atoms with Crippen molar-refractivity contribution in [2.75, 3.05) is 14.2 Å². The van der Waals surface area contributed by atoms with E-state index in [-0.39, 0.29) is 12.2 Å². The van der Waals surface area contributed by atoms with Gasteiger partial charge in [0.25, 0.3) is 0 Å². The molecule has 0 aliphatic rings. The first-order chi connectivity index (χ1) is 11.0. The predicted molar refractivity (Wildman–Crippen MR) is 87.6 cm³/mol. The monoisotopic (exact) mass is 382 g/mol. The van der Waals surface area contributed by atoms with Crippen LogP contribution in [0.1, 0.15) is 12.0 Å². The Labute approximate surface area is 142 Å². The fourth-order valence-corrected chi connectivity index (χ4v) is 2.45. The lowest BCUT2D eigenvalue weighted by Crippen LogP contribution is -2.10. The number of carbonyl (C=O) groups is 1. The molecule has 0 radical (unpaired) electrons. The van der Waals surface area contributed by atoms with Gasteiger partial charge in [-0.3, -0.25) is 4.79 Å². The fraction of sp³-hybridized carbons (Fsp3) is 0.235. The van der Waals surface area contributed by atoms with Crippen molar-refractivity contribution in [2.45, 2.75) is 12.8 Å². The van der Waals surface area contributed by atoms with E-state index in [1.165, 1.54) is 19.2 Å². The van der Waals surface area contributed by atoms with Crippen molar-refractivity contribution >= 4 is 21.9 Å². The van der Waals surface area contributed by atoms with Crippen LogP contribution in [-0.4, -0.2) is 20.2 Å². The fourth-order valence-electron chi connectivity index (χ4n) is 2.12. The molecule has 122 valence electrons. The second kappa shape index (κ2) is 7.97. The van der Waals surface area contributed by atoms with Gasteiger partial charge in [0.05, 0.1) is 20.6 Å². The highest BCUT2D eigenvalue weighted by atomic mass is 79.9. The summed E-state index contributed by atoms with van der Waals surface area (Å²) in [5.41, 5.74) is 0.820. The van der Waals surface area contributed by atoms with Crippen LogP contribution < -0.4 is 14.2 Å². The van der Waals surface area contributed by atoms with Gasteiger partial charge in [-0.25, -0.2) is 4.39 Å². The molecule has 2 aromatic rings.